The summed E-state index contributed by atoms with van der Waals surface area (Å²) in [6, 6.07) is 9.93. The van der Waals surface area contributed by atoms with Crippen LogP contribution in [0.4, 0.5) is 5.69 Å². The molecule has 2 aliphatic rings. The smallest absolute Gasteiger partial charge is 0.188 e. The van der Waals surface area contributed by atoms with Crippen LogP contribution in [0.3, 0.4) is 0 Å². The normalized spacial score (nSPS) is 21.8. The van der Waals surface area contributed by atoms with E-state index in [1.54, 1.807) is 14.2 Å². The van der Waals surface area contributed by atoms with Gasteiger partial charge in [-0.25, -0.2) is 9.98 Å². The summed E-state index contributed by atoms with van der Waals surface area (Å²) in [6.07, 6.45) is 12.7. The van der Waals surface area contributed by atoms with E-state index in [0.717, 1.165) is 49.6 Å². The molecule has 2 aliphatic carbocycles. The predicted octanol–water partition coefficient (Wildman–Crippen LogP) is 5.45. The first kappa shape index (κ1) is 18.4. The minimum absolute atomic E-state index is 0.628. The van der Waals surface area contributed by atoms with Crippen LogP contribution in [-0.2, 0) is 9.47 Å². The maximum Gasteiger partial charge on any atom is 0.188 e. The number of allylic oxidation sites excluding steroid dienone is 4. The summed E-state index contributed by atoms with van der Waals surface area (Å²) in [4.78, 5) is 9.29. The monoisotopic (exact) mass is 352 g/mol. The van der Waals surface area contributed by atoms with E-state index < -0.39 is 0 Å². The quantitative estimate of drug-likeness (QED) is 0.355. The number of para-hydroxylation sites is 1. The summed E-state index contributed by atoms with van der Waals surface area (Å²) in [6.45, 7) is 0. The highest BCUT2D eigenvalue weighted by molar-refractivity contribution is 5.79. The Bertz CT molecular complexity index is 704. The highest BCUT2D eigenvalue weighted by Crippen LogP contribution is 2.47. The van der Waals surface area contributed by atoms with E-state index in [1.165, 1.54) is 12.1 Å². The zero-order valence-corrected chi connectivity index (χ0v) is 15.7. The van der Waals surface area contributed by atoms with E-state index >= 15 is 0 Å². The predicted molar refractivity (Wildman–Crippen MR) is 107 cm³/mol. The number of ether oxygens (including phenoxy) is 2. The van der Waals surface area contributed by atoms with E-state index in [2.05, 4.69) is 23.2 Å². The molecule has 2 atom stereocenters. The second-order valence-electron chi connectivity index (χ2n) is 6.80. The van der Waals surface area contributed by atoms with Crippen molar-refractivity contribution < 1.29 is 9.47 Å². The summed E-state index contributed by atoms with van der Waals surface area (Å²) in [5, 5.41) is 0. The van der Waals surface area contributed by atoms with Gasteiger partial charge in [0.15, 0.2) is 11.8 Å². The number of fused-ring (bicyclic) bond motifs is 1. The third-order valence-electron chi connectivity index (χ3n) is 4.86. The van der Waals surface area contributed by atoms with Crippen LogP contribution in [0.1, 0.15) is 38.5 Å². The Labute approximate surface area is 156 Å². The van der Waals surface area contributed by atoms with Crippen molar-refractivity contribution in [1.29, 1.82) is 0 Å². The van der Waals surface area contributed by atoms with Gasteiger partial charge >= 0.3 is 0 Å². The van der Waals surface area contributed by atoms with Crippen molar-refractivity contribution in [3.05, 3.63) is 54.3 Å². The van der Waals surface area contributed by atoms with E-state index in [1.807, 2.05) is 30.3 Å². The van der Waals surface area contributed by atoms with Crippen molar-refractivity contribution in [2.45, 2.75) is 38.5 Å². The molecule has 1 saturated carbocycles. The van der Waals surface area contributed by atoms with Crippen molar-refractivity contribution >= 4 is 17.5 Å². The van der Waals surface area contributed by atoms with Crippen LogP contribution in [-0.4, -0.2) is 26.0 Å². The number of rotatable bonds is 8. The summed E-state index contributed by atoms with van der Waals surface area (Å²) in [5.74, 6) is 2.98. The highest BCUT2D eigenvalue weighted by Gasteiger charge is 2.39. The third-order valence-corrected chi connectivity index (χ3v) is 4.86. The maximum atomic E-state index is 5.48. The van der Waals surface area contributed by atoms with Crippen molar-refractivity contribution in [2.24, 2.45) is 21.8 Å². The fraction of sp³-hybridized carbons (Fsp3) is 0.455. The number of unbranched alkanes of at least 4 members (excludes halogenated alkanes) is 2. The lowest BCUT2D eigenvalue weighted by Crippen LogP contribution is -2.04. The molecule has 0 heterocycles. The average Bonchev–Trinajstić information content (AvgIpc) is 3.47. The molecule has 1 aromatic carbocycles. The molecule has 4 nitrogen and oxygen atoms in total. The molecular weight excluding hydrogens is 324 g/mol. The Morgan fingerprint density at radius 1 is 0.962 bits per heavy atom. The molecule has 0 amide bonds. The zero-order chi connectivity index (χ0) is 18.2. The zero-order valence-electron chi connectivity index (χ0n) is 15.7. The molecule has 4 heteroatoms. The largest absolute Gasteiger partial charge is 0.484 e. The Hall–Kier alpha value is -2.36. The average molecular weight is 352 g/mol. The standard InChI is InChI=1S/C22H28N2O2/c1-25-21(23-18-11-5-3-6-12-18)14-7-4-8-15-22(26-2)24-20-13-9-10-17-16-19(17)20/h3,5-6,9-13,17,19H,4,7-8,14-16H2,1-2H3. The van der Waals surface area contributed by atoms with Crippen molar-refractivity contribution in [3.8, 4) is 0 Å². The van der Waals surface area contributed by atoms with Crippen LogP contribution in [0.5, 0.6) is 0 Å². The third kappa shape index (κ3) is 5.32. The van der Waals surface area contributed by atoms with Gasteiger partial charge in [-0.05, 0) is 43.4 Å². The van der Waals surface area contributed by atoms with Crippen molar-refractivity contribution in [3.63, 3.8) is 0 Å². The van der Waals surface area contributed by atoms with Crippen LogP contribution in [0, 0.1) is 11.8 Å². The summed E-state index contributed by atoms with van der Waals surface area (Å²) >= 11 is 0. The summed E-state index contributed by atoms with van der Waals surface area (Å²) in [5.41, 5.74) is 2.12. The lowest BCUT2D eigenvalue weighted by Gasteiger charge is -2.09. The molecular formula is C22H28N2O2. The van der Waals surface area contributed by atoms with E-state index in [4.69, 9.17) is 14.5 Å². The number of nitrogens with zero attached hydrogens (tertiary/aromatic N) is 2. The molecule has 0 aliphatic heterocycles. The molecule has 26 heavy (non-hydrogen) atoms. The van der Waals surface area contributed by atoms with Crippen LogP contribution < -0.4 is 0 Å². The van der Waals surface area contributed by atoms with Crippen molar-refractivity contribution in [2.75, 3.05) is 14.2 Å². The van der Waals surface area contributed by atoms with Gasteiger partial charge in [-0.3, -0.25) is 0 Å². The lowest BCUT2D eigenvalue weighted by molar-refractivity contribution is 0.382. The molecule has 138 valence electrons. The number of benzene rings is 1. The molecule has 0 spiro atoms. The van der Waals surface area contributed by atoms with Gasteiger partial charge < -0.3 is 9.47 Å². The lowest BCUT2D eigenvalue weighted by atomic mass is 10.1. The Morgan fingerprint density at radius 2 is 1.65 bits per heavy atom. The summed E-state index contributed by atoms with van der Waals surface area (Å²) < 4.78 is 10.9. The molecule has 0 N–H and O–H groups in total. The van der Waals surface area contributed by atoms with Crippen LogP contribution in [0.15, 0.2) is 64.2 Å². The van der Waals surface area contributed by atoms with Crippen LogP contribution in [0.25, 0.3) is 0 Å². The molecule has 1 fully saturated rings. The first-order valence-corrected chi connectivity index (χ1v) is 9.46. The molecule has 3 rings (SSSR count). The summed E-state index contributed by atoms with van der Waals surface area (Å²) in [7, 11) is 3.41. The maximum absolute atomic E-state index is 5.48. The number of hydrogen-bond donors (Lipinski definition) is 0. The molecule has 0 aromatic heterocycles. The number of hydrogen-bond acceptors (Lipinski definition) is 4. The molecule has 2 unspecified atom stereocenters. The molecule has 0 radical (unpaired) electrons. The Morgan fingerprint density at radius 3 is 2.35 bits per heavy atom. The SMILES string of the molecule is COC(CCCCCC(=Nc1ccccc1)OC)=NC1=CC=CC2CC12. The van der Waals surface area contributed by atoms with E-state index in [9.17, 15) is 0 Å². The second-order valence-corrected chi connectivity index (χ2v) is 6.80. The molecule has 0 bridgehead atoms. The van der Waals surface area contributed by atoms with E-state index in [0.29, 0.717) is 11.8 Å². The van der Waals surface area contributed by atoms with Crippen molar-refractivity contribution in [1.82, 2.24) is 0 Å². The van der Waals surface area contributed by atoms with Gasteiger partial charge in [0, 0.05) is 24.5 Å². The number of methoxy groups -OCH3 is 2. The minimum atomic E-state index is 0.628. The first-order valence-electron chi connectivity index (χ1n) is 9.46. The minimum Gasteiger partial charge on any atom is -0.484 e. The van der Waals surface area contributed by atoms with Gasteiger partial charge in [0.2, 0.25) is 0 Å². The second kappa shape index (κ2) is 9.37. The highest BCUT2D eigenvalue weighted by atomic mass is 16.5. The number of aliphatic imine (C=N–C) groups is 2. The van der Waals surface area contributed by atoms with Gasteiger partial charge in [-0.1, -0.05) is 36.8 Å². The van der Waals surface area contributed by atoms with Gasteiger partial charge in [-0.15, -0.1) is 0 Å². The molecule has 1 aromatic rings. The fourth-order valence-electron chi connectivity index (χ4n) is 3.24. The topological polar surface area (TPSA) is 43.2 Å². The Kier molecular flexibility index (Phi) is 6.64. The van der Waals surface area contributed by atoms with Crippen LogP contribution in [0.2, 0.25) is 0 Å². The first-order chi connectivity index (χ1) is 12.8. The van der Waals surface area contributed by atoms with Gasteiger partial charge in [0.1, 0.15) is 0 Å². The Balaban J connectivity index is 1.41. The van der Waals surface area contributed by atoms with E-state index in [-0.39, 0.29) is 0 Å². The fourth-order valence-corrected chi connectivity index (χ4v) is 3.24. The van der Waals surface area contributed by atoms with Crippen LogP contribution >= 0.6 is 0 Å². The van der Waals surface area contributed by atoms with Gasteiger partial charge in [-0.2, -0.15) is 0 Å². The van der Waals surface area contributed by atoms with Gasteiger partial charge in [0.05, 0.1) is 19.9 Å². The van der Waals surface area contributed by atoms with Gasteiger partial charge in [0.25, 0.3) is 0 Å². The molecule has 0 saturated heterocycles.